The lowest BCUT2D eigenvalue weighted by Gasteiger charge is -2.42. The predicted octanol–water partition coefficient (Wildman–Crippen LogP) is 0.335. The Labute approximate surface area is 157 Å². The highest BCUT2D eigenvalue weighted by molar-refractivity contribution is 6.03. The molecule has 27 heavy (non-hydrogen) atoms. The van der Waals surface area contributed by atoms with Gasteiger partial charge in [0.2, 0.25) is 0 Å². The van der Waals surface area contributed by atoms with Crippen LogP contribution in [0.4, 0.5) is 0 Å². The molecule has 0 radical (unpaired) electrons. The van der Waals surface area contributed by atoms with Crippen LogP contribution < -0.4 is 0 Å². The van der Waals surface area contributed by atoms with Crippen molar-refractivity contribution in [3.05, 3.63) is 0 Å². The number of ether oxygens (including phenoxy) is 4. The summed E-state index contributed by atoms with van der Waals surface area (Å²) >= 11 is 0. The van der Waals surface area contributed by atoms with E-state index in [9.17, 15) is 19.5 Å². The van der Waals surface area contributed by atoms with E-state index in [1.807, 2.05) is 0 Å². The lowest BCUT2D eigenvalue weighted by atomic mass is 9.75. The van der Waals surface area contributed by atoms with Gasteiger partial charge in [-0.1, -0.05) is 19.3 Å². The van der Waals surface area contributed by atoms with Gasteiger partial charge in [0, 0.05) is 6.04 Å². The van der Waals surface area contributed by atoms with Gasteiger partial charge in [0.05, 0.1) is 19.8 Å². The van der Waals surface area contributed by atoms with E-state index in [0.717, 1.165) is 19.3 Å². The number of carbonyl (C=O) groups excluding carboxylic acids is 3. The van der Waals surface area contributed by atoms with Crippen LogP contribution in [0.15, 0.2) is 0 Å². The molecule has 152 valence electrons. The molecule has 0 aromatic rings. The van der Waals surface area contributed by atoms with Crippen molar-refractivity contribution in [3.8, 4) is 0 Å². The molecule has 1 saturated carbocycles. The lowest BCUT2D eigenvalue weighted by molar-refractivity contribution is -0.321. The van der Waals surface area contributed by atoms with Crippen LogP contribution in [0.1, 0.15) is 46.0 Å². The summed E-state index contributed by atoms with van der Waals surface area (Å²) in [7, 11) is 0. The van der Waals surface area contributed by atoms with E-state index >= 15 is 0 Å². The van der Waals surface area contributed by atoms with E-state index in [2.05, 4.69) is 0 Å². The summed E-state index contributed by atoms with van der Waals surface area (Å²) in [5, 5.41) is 11.2. The molecule has 3 atom stereocenters. The van der Waals surface area contributed by atoms with E-state index in [1.165, 1.54) is 4.90 Å². The van der Waals surface area contributed by atoms with Crippen LogP contribution in [0.5, 0.6) is 0 Å². The Hall–Kier alpha value is -1.71. The summed E-state index contributed by atoms with van der Waals surface area (Å²) in [6.45, 7) is 2.59. The topological polar surface area (TPSA) is 112 Å². The molecule has 0 spiro atoms. The predicted molar refractivity (Wildman–Crippen MR) is 90.1 cm³/mol. The summed E-state index contributed by atoms with van der Waals surface area (Å²) in [4.78, 5) is 40.4. The van der Waals surface area contributed by atoms with Gasteiger partial charge in [-0.25, -0.2) is 4.79 Å². The zero-order valence-corrected chi connectivity index (χ0v) is 15.8. The largest absolute Gasteiger partial charge is 0.465 e. The third-order valence-corrected chi connectivity index (χ3v) is 5.67. The van der Waals surface area contributed by atoms with Crippen LogP contribution >= 0.6 is 0 Å². The summed E-state index contributed by atoms with van der Waals surface area (Å²) in [5.74, 6) is -5.00. The number of carbonyl (C=O) groups is 3. The average molecular weight is 385 g/mol. The highest BCUT2D eigenvalue weighted by atomic mass is 16.7. The fourth-order valence-corrected chi connectivity index (χ4v) is 4.44. The molecule has 9 nitrogen and oxygen atoms in total. The first kappa shape index (κ1) is 20.0. The minimum atomic E-state index is -2.52. The summed E-state index contributed by atoms with van der Waals surface area (Å²) < 4.78 is 20.9. The Morgan fingerprint density at radius 3 is 2.48 bits per heavy atom. The molecule has 1 aliphatic carbocycles. The molecule has 0 unspecified atom stereocenters. The van der Waals surface area contributed by atoms with Crippen LogP contribution in [-0.4, -0.2) is 72.3 Å². The Morgan fingerprint density at radius 2 is 1.85 bits per heavy atom. The second-order valence-electron chi connectivity index (χ2n) is 7.11. The molecule has 1 N–H and O–H groups in total. The summed E-state index contributed by atoms with van der Waals surface area (Å²) in [5.41, 5.74) is -2.03. The van der Waals surface area contributed by atoms with E-state index in [4.69, 9.17) is 18.9 Å². The van der Waals surface area contributed by atoms with Crippen LogP contribution in [0.2, 0.25) is 0 Å². The highest BCUT2D eigenvalue weighted by Gasteiger charge is 2.79. The Bertz CT molecular complexity index is 604. The first-order valence-corrected chi connectivity index (χ1v) is 9.54. The van der Waals surface area contributed by atoms with Crippen LogP contribution in [0.3, 0.4) is 0 Å². The lowest BCUT2D eigenvalue weighted by Crippen LogP contribution is -2.65. The van der Waals surface area contributed by atoms with Crippen LogP contribution in [0.25, 0.3) is 0 Å². The van der Waals surface area contributed by atoms with Gasteiger partial charge in [-0.15, -0.1) is 0 Å². The molecule has 9 heteroatoms. The molecule has 0 bridgehead atoms. The molecule has 2 heterocycles. The van der Waals surface area contributed by atoms with Crippen molar-refractivity contribution in [2.75, 3.05) is 26.6 Å². The maximum absolute atomic E-state index is 13.3. The Balaban J connectivity index is 2.12. The number of hydrogen-bond donors (Lipinski definition) is 1. The van der Waals surface area contributed by atoms with Crippen molar-refractivity contribution in [2.24, 2.45) is 5.41 Å². The quantitative estimate of drug-likeness (QED) is 0.674. The van der Waals surface area contributed by atoms with Crippen molar-refractivity contribution < 1.29 is 38.4 Å². The second kappa shape index (κ2) is 7.73. The van der Waals surface area contributed by atoms with Crippen molar-refractivity contribution in [1.82, 2.24) is 4.90 Å². The van der Waals surface area contributed by atoms with E-state index in [1.54, 1.807) is 13.8 Å². The van der Waals surface area contributed by atoms with Gasteiger partial charge in [-0.05, 0) is 26.7 Å². The van der Waals surface area contributed by atoms with Gasteiger partial charge in [0.15, 0.2) is 18.2 Å². The fourth-order valence-electron chi connectivity index (χ4n) is 4.44. The van der Waals surface area contributed by atoms with Gasteiger partial charge in [-0.3, -0.25) is 9.59 Å². The number of nitrogens with zero attached hydrogens (tertiary/aromatic N) is 1. The SMILES string of the molecule is CCOC(=O)[C@@H]1N(C2CCCCC2)C(=O)[C@]2(O)OCOC[C@]12C(=O)OCC. The van der Waals surface area contributed by atoms with Crippen LogP contribution in [-0.2, 0) is 33.3 Å². The maximum Gasteiger partial charge on any atom is 0.330 e. The molecule has 3 rings (SSSR count). The van der Waals surface area contributed by atoms with Gasteiger partial charge >= 0.3 is 11.9 Å². The van der Waals surface area contributed by atoms with Gasteiger partial charge < -0.3 is 29.0 Å². The number of esters is 2. The maximum atomic E-state index is 13.3. The number of aliphatic hydroxyl groups is 1. The van der Waals surface area contributed by atoms with Gasteiger partial charge in [0.25, 0.3) is 11.7 Å². The van der Waals surface area contributed by atoms with Crippen molar-refractivity contribution in [1.29, 1.82) is 0 Å². The van der Waals surface area contributed by atoms with E-state index in [0.29, 0.717) is 12.8 Å². The Morgan fingerprint density at radius 1 is 1.19 bits per heavy atom. The first-order chi connectivity index (χ1) is 12.9. The fraction of sp³-hybridized carbons (Fsp3) is 0.833. The van der Waals surface area contributed by atoms with Crippen molar-refractivity contribution in [2.45, 2.75) is 63.8 Å². The number of fused-ring (bicyclic) bond motifs is 1. The molecule has 3 fully saturated rings. The average Bonchev–Trinajstić information content (AvgIpc) is 2.88. The highest BCUT2D eigenvalue weighted by Crippen LogP contribution is 2.51. The third-order valence-electron chi connectivity index (χ3n) is 5.67. The first-order valence-electron chi connectivity index (χ1n) is 9.54. The molecule has 0 aromatic heterocycles. The normalized spacial score (nSPS) is 34.3. The molecule has 1 amide bonds. The number of hydrogen-bond acceptors (Lipinski definition) is 8. The smallest absolute Gasteiger partial charge is 0.330 e. The van der Waals surface area contributed by atoms with E-state index in [-0.39, 0.29) is 32.7 Å². The molecular weight excluding hydrogens is 358 g/mol. The third kappa shape index (κ3) is 2.92. The zero-order valence-electron chi connectivity index (χ0n) is 15.8. The number of amides is 1. The molecule has 2 aliphatic heterocycles. The van der Waals surface area contributed by atoms with E-state index < -0.39 is 35.1 Å². The summed E-state index contributed by atoms with van der Waals surface area (Å²) in [6, 6.07) is -1.65. The Kier molecular flexibility index (Phi) is 5.73. The van der Waals surface area contributed by atoms with Crippen molar-refractivity contribution >= 4 is 17.8 Å². The minimum absolute atomic E-state index is 0.0177. The standard InChI is InChI=1S/C18H27NO8/c1-3-25-14(20)13-17(16(22)26-4-2)10-24-11-27-18(17,23)15(21)19(13)12-8-6-5-7-9-12/h12-13,23H,3-11H2,1-2H3/t13-,17+,18-/m0/s1. The van der Waals surface area contributed by atoms with Gasteiger partial charge in [-0.2, -0.15) is 0 Å². The molecule has 0 aromatic carbocycles. The monoisotopic (exact) mass is 385 g/mol. The summed E-state index contributed by atoms with van der Waals surface area (Å²) in [6.07, 6.45) is 4.18. The van der Waals surface area contributed by atoms with Crippen molar-refractivity contribution in [3.63, 3.8) is 0 Å². The number of likely N-dealkylation sites (tertiary alicyclic amines) is 1. The molecule has 3 aliphatic rings. The van der Waals surface area contributed by atoms with Crippen LogP contribution in [0, 0.1) is 5.41 Å². The molecule has 2 saturated heterocycles. The second-order valence-corrected chi connectivity index (χ2v) is 7.11. The minimum Gasteiger partial charge on any atom is -0.465 e. The van der Waals surface area contributed by atoms with Gasteiger partial charge in [0.1, 0.15) is 0 Å². The zero-order chi connectivity index (χ0) is 19.7. The molecular formula is C18H27NO8. The number of rotatable bonds is 5.